The largest absolute Gasteiger partial charge is 0.364 e. The summed E-state index contributed by atoms with van der Waals surface area (Å²) in [6, 6.07) is 10.1. The van der Waals surface area contributed by atoms with Crippen molar-refractivity contribution in [1.82, 2.24) is 14.9 Å². The number of nitrogens with one attached hydrogen (secondary N) is 2. The number of halogens is 2. The van der Waals surface area contributed by atoms with Gasteiger partial charge in [-0.2, -0.15) is 0 Å². The van der Waals surface area contributed by atoms with Crippen molar-refractivity contribution in [3.05, 3.63) is 76.6 Å². The first-order valence-electron chi connectivity index (χ1n) is 10.6. The van der Waals surface area contributed by atoms with E-state index in [1.54, 1.807) is 24.3 Å². The molecule has 1 aliphatic rings. The van der Waals surface area contributed by atoms with Gasteiger partial charge < -0.3 is 25.8 Å². The fourth-order valence-electron chi connectivity index (χ4n) is 3.57. The van der Waals surface area contributed by atoms with Crippen molar-refractivity contribution in [3.8, 4) is 0 Å². The van der Waals surface area contributed by atoms with Crippen LogP contribution in [0.25, 0.3) is 0 Å². The molecule has 1 fully saturated rings. The van der Waals surface area contributed by atoms with E-state index in [1.165, 1.54) is 17.3 Å². The van der Waals surface area contributed by atoms with Crippen molar-refractivity contribution in [1.29, 1.82) is 0 Å². The number of aromatic amines is 1. The van der Waals surface area contributed by atoms with Gasteiger partial charge in [0.25, 0.3) is 17.7 Å². The summed E-state index contributed by atoms with van der Waals surface area (Å²) in [4.78, 5) is 47.7. The first-order valence-corrected chi connectivity index (χ1v) is 10.9. The van der Waals surface area contributed by atoms with E-state index in [0.29, 0.717) is 24.5 Å². The van der Waals surface area contributed by atoms with Gasteiger partial charge in [-0.3, -0.25) is 14.4 Å². The van der Waals surface area contributed by atoms with Crippen molar-refractivity contribution in [2.24, 2.45) is 5.73 Å². The van der Waals surface area contributed by atoms with E-state index in [4.69, 9.17) is 17.3 Å². The van der Waals surface area contributed by atoms with Crippen molar-refractivity contribution in [2.45, 2.75) is 6.42 Å². The number of likely N-dealkylation sites (tertiary alicyclic amines) is 1. The third-order valence-electron chi connectivity index (χ3n) is 5.53. The second kappa shape index (κ2) is 10.0. The lowest BCUT2D eigenvalue weighted by Crippen LogP contribution is -2.44. The molecule has 2 aromatic carbocycles. The van der Waals surface area contributed by atoms with Crippen LogP contribution >= 0.6 is 11.6 Å². The highest BCUT2D eigenvalue weighted by Crippen LogP contribution is 2.23. The van der Waals surface area contributed by atoms with Crippen LogP contribution in [0.15, 0.2) is 48.8 Å². The van der Waals surface area contributed by atoms with Gasteiger partial charge in [-0.25, -0.2) is 9.37 Å². The lowest BCUT2D eigenvalue weighted by atomic mass is 10.2. The van der Waals surface area contributed by atoms with Gasteiger partial charge >= 0.3 is 0 Å². The Kier molecular flexibility index (Phi) is 6.90. The maximum Gasteiger partial charge on any atom is 0.277 e. The first kappa shape index (κ1) is 23.4. The van der Waals surface area contributed by atoms with Crippen LogP contribution in [0.1, 0.15) is 37.8 Å². The number of imidazole rings is 1. The van der Waals surface area contributed by atoms with E-state index < -0.39 is 23.5 Å². The number of anilines is 2. The number of amides is 3. The molecule has 0 spiro atoms. The Bertz CT molecular complexity index is 1230. The molecule has 0 radical (unpaired) electrons. The van der Waals surface area contributed by atoms with Gasteiger partial charge in [-0.15, -0.1) is 0 Å². The van der Waals surface area contributed by atoms with Gasteiger partial charge in [0.2, 0.25) is 0 Å². The summed E-state index contributed by atoms with van der Waals surface area (Å²) in [7, 11) is 0. The number of benzene rings is 2. The van der Waals surface area contributed by atoms with Gasteiger partial charge in [0.15, 0.2) is 5.69 Å². The number of carbonyl (C=O) groups is 3. The van der Waals surface area contributed by atoms with Crippen LogP contribution in [0.2, 0.25) is 5.02 Å². The highest BCUT2D eigenvalue weighted by atomic mass is 35.5. The number of carbonyl (C=O) groups excluding carboxylic acids is 3. The van der Waals surface area contributed by atoms with Crippen molar-refractivity contribution >= 4 is 40.7 Å². The zero-order chi connectivity index (χ0) is 24.2. The molecule has 1 aliphatic heterocycles. The van der Waals surface area contributed by atoms with E-state index in [-0.39, 0.29) is 22.0 Å². The molecule has 0 atom stereocenters. The zero-order valence-electron chi connectivity index (χ0n) is 18.1. The second-order valence-electron chi connectivity index (χ2n) is 7.77. The Hall–Kier alpha value is -3.76. The highest BCUT2D eigenvalue weighted by molar-refractivity contribution is 6.34. The fourth-order valence-corrected chi connectivity index (χ4v) is 3.82. The molecule has 3 aromatic rings. The van der Waals surface area contributed by atoms with Gasteiger partial charge in [0, 0.05) is 24.5 Å². The second-order valence-corrected chi connectivity index (χ2v) is 8.17. The smallest absolute Gasteiger partial charge is 0.277 e. The van der Waals surface area contributed by atoms with E-state index >= 15 is 0 Å². The molecule has 1 saturated heterocycles. The number of primary amides is 1. The standard InChI is InChI=1S/C23H22ClFN6O3/c24-18-12-14(25)2-7-17(18)22(33)29-15-3-5-16(6-4-15)31(11-10-30-8-1-9-30)23(34)20-19(21(26)32)27-13-28-20/h2-7,12-13H,1,8-11H2,(H2,26,32)(H,27,28)(H,29,33). The van der Waals surface area contributed by atoms with Gasteiger partial charge in [0.1, 0.15) is 11.5 Å². The average molecular weight is 485 g/mol. The number of hydrogen-bond donors (Lipinski definition) is 3. The van der Waals surface area contributed by atoms with E-state index in [2.05, 4.69) is 20.2 Å². The molecule has 0 unspecified atom stereocenters. The molecule has 9 nitrogen and oxygen atoms in total. The maximum absolute atomic E-state index is 13.3. The molecule has 4 N–H and O–H groups in total. The Morgan fingerprint density at radius 3 is 2.53 bits per heavy atom. The number of rotatable bonds is 8. The van der Waals surface area contributed by atoms with Crippen LogP contribution in [0.5, 0.6) is 0 Å². The van der Waals surface area contributed by atoms with Crippen LogP contribution in [0, 0.1) is 5.82 Å². The lowest BCUT2D eigenvalue weighted by molar-refractivity contribution is 0.0950. The highest BCUT2D eigenvalue weighted by Gasteiger charge is 2.26. The van der Waals surface area contributed by atoms with E-state index in [0.717, 1.165) is 31.6 Å². The van der Waals surface area contributed by atoms with Crippen molar-refractivity contribution < 1.29 is 18.8 Å². The molecule has 0 aliphatic carbocycles. The minimum Gasteiger partial charge on any atom is -0.364 e. The van der Waals surface area contributed by atoms with Crippen LogP contribution in [-0.2, 0) is 0 Å². The van der Waals surface area contributed by atoms with Gasteiger partial charge in [-0.05, 0) is 62.0 Å². The van der Waals surface area contributed by atoms with Gasteiger partial charge in [-0.1, -0.05) is 11.6 Å². The summed E-state index contributed by atoms with van der Waals surface area (Å²) < 4.78 is 13.3. The first-order chi connectivity index (χ1) is 16.3. The van der Waals surface area contributed by atoms with E-state index in [1.807, 2.05) is 0 Å². The van der Waals surface area contributed by atoms with Crippen LogP contribution in [0.3, 0.4) is 0 Å². The monoisotopic (exact) mass is 484 g/mol. The Morgan fingerprint density at radius 2 is 1.91 bits per heavy atom. The molecule has 11 heteroatoms. The summed E-state index contributed by atoms with van der Waals surface area (Å²) in [5, 5.41) is 2.70. The van der Waals surface area contributed by atoms with E-state index in [9.17, 15) is 18.8 Å². The summed E-state index contributed by atoms with van der Waals surface area (Å²) in [5.74, 6) is -2.27. The van der Waals surface area contributed by atoms with Crippen molar-refractivity contribution in [3.63, 3.8) is 0 Å². The summed E-state index contributed by atoms with van der Waals surface area (Å²) >= 11 is 5.96. The normalized spacial score (nSPS) is 13.2. The zero-order valence-corrected chi connectivity index (χ0v) is 18.8. The molecule has 3 amide bonds. The third kappa shape index (κ3) is 5.08. The van der Waals surface area contributed by atoms with Crippen LogP contribution < -0.4 is 16.0 Å². The van der Waals surface area contributed by atoms with Crippen molar-refractivity contribution in [2.75, 3.05) is 36.4 Å². The third-order valence-corrected chi connectivity index (χ3v) is 5.85. The Balaban J connectivity index is 1.54. The molecule has 2 heterocycles. The quantitative estimate of drug-likeness (QED) is 0.453. The summed E-state index contributed by atoms with van der Waals surface area (Å²) in [5.41, 5.74) is 6.40. The topological polar surface area (TPSA) is 124 Å². The molecular weight excluding hydrogens is 463 g/mol. The number of hydrogen-bond acceptors (Lipinski definition) is 5. The number of nitrogens with zero attached hydrogens (tertiary/aromatic N) is 3. The molecule has 176 valence electrons. The van der Waals surface area contributed by atoms with Gasteiger partial charge in [0.05, 0.1) is 16.9 Å². The average Bonchev–Trinajstić information content (AvgIpc) is 3.26. The number of nitrogens with two attached hydrogens (primary N) is 1. The molecular formula is C23H22ClFN6O3. The Morgan fingerprint density at radius 1 is 1.18 bits per heavy atom. The number of aromatic nitrogens is 2. The lowest BCUT2D eigenvalue weighted by Gasteiger charge is -2.33. The molecule has 0 bridgehead atoms. The summed E-state index contributed by atoms with van der Waals surface area (Å²) in [6.07, 6.45) is 2.37. The predicted octanol–water partition coefficient (Wildman–Crippen LogP) is 2.91. The maximum atomic E-state index is 13.3. The predicted molar refractivity (Wildman–Crippen MR) is 126 cm³/mol. The fraction of sp³-hybridized carbons (Fsp3) is 0.217. The minimum atomic E-state index is -0.801. The summed E-state index contributed by atoms with van der Waals surface area (Å²) in [6.45, 7) is 2.98. The minimum absolute atomic E-state index is 0.00157. The molecule has 4 rings (SSSR count). The van der Waals surface area contributed by atoms with Crippen LogP contribution in [0.4, 0.5) is 15.8 Å². The SMILES string of the molecule is NC(=O)c1nc[nH]c1C(=O)N(CCN1CCC1)c1ccc(NC(=O)c2ccc(F)cc2Cl)cc1. The Labute approximate surface area is 199 Å². The molecule has 0 saturated carbocycles. The number of H-pyrrole nitrogens is 1. The molecule has 1 aromatic heterocycles. The molecule has 34 heavy (non-hydrogen) atoms. The van der Waals surface area contributed by atoms with Crippen LogP contribution in [-0.4, -0.2) is 58.8 Å².